The molecule has 3 nitrogen and oxygen atoms in total. The predicted molar refractivity (Wildman–Crippen MR) is 53.6 cm³/mol. The van der Waals surface area contributed by atoms with Crippen molar-refractivity contribution in [2.75, 3.05) is 0 Å². The molecule has 2 aromatic rings. The van der Waals surface area contributed by atoms with Gasteiger partial charge in [0.05, 0.1) is 11.3 Å². The highest BCUT2D eigenvalue weighted by Gasteiger charge is 2.15. The number of benzene rings is 1. The lowest BCUT2D eigenvalue weighted by Gasteiger charge is -1.97. The Morgan fingerprint density at radius 2 is 1.79 bits per heavy atom. The van der Waals surface area contributed by atoms with Crippen molar-refractivity contribution in [3.63, 3.8) is 0 Å². The number of hydrogen-bond donors (Lipinski definition) is 0. The van der Waals surface area contributed by atoms with Gasteiger partial charge in [0.2, 0.25) is 0 Å². The molecular formula is C11H8N3+. The molecule has 0 unspecified atom stereocenters. The van der Waals surface area contributed by atoms with Crippen LogP contribution in [0.4, 0.5) is 5.69 Å². The minimum absolute atomic E-state index is 0.534. The van der Waals surface area contributed by atoms with Crippen molar-refractivity contribution in [1.29, 1.82) is 0 Å². The van der Waals surface area contributed by atoms with Crippen LogP contribution in [0.5, 0.6) is 0 Å². The third-order valence-electron chi connectivity index (χ3n) is 1.95. The minimum Gasteiger partial charge on any atom is -0.256 e. The second-order valence-electron chi connectivity index (χ2n) is 2.83. The van der Waals surface area contributed by atoms with Gasteiger partial charge in [-0.2, -0.15) is 0 Å². The second kappa shape index (κ2) is 4.00. The monoisotopic (exact) mass is 182 g/mol. The van der Waals surface area contributed by atoms with E-state index >= 15 is 0 Å². The highest BCUT2D eigenvalue weighted by Crippen LogP contribution is 2.24. The van der Waals surface area contributed by atoms with Crippen molar-refractivity contribution >= 4 is 5.69 Å². The first-order valence-corrected chi connectivity index (χ1v) is 4.27. The Kier molecular flexibility index (Phi) is 2.53. The smallest absolute Gasteiger partial charge is 0.256 e. The molecule has 1 aromatic carbocycles. The topological polar surface area (TPSA) is 49.3 Å². The molecule has 66 valence electrons. The molecule has 0 saturated carbocycles. The van der Waals surface area contributed by atoms with Crippen LogP contribution in [-0.4, -0.2) is 4.98 Å². The normalized spacial score (nSPS) is 10.1. The molecule has 0 spiro atoms. The first kappa shape index (κ1) is 8.87. The molecule has 1 aromatic heterocycles. The summed E-state index contributed by atoms with van der Waals surface area (Å²) < 4.78 is 0. The number of hydrogen-bond acceptors (Lipinski definition) is 1. The molecule has 0 amide bonds. The number of nitrogens with zero attached hydrogens (tertiary/aromatic N) is 3. The average Bonchev–Trinajstić information content (AvgIpc) is 2.30. The van der Waals surface area contributed by atoms with E-state index in [4.69, 9.17) is 5.84 Å². The van der Waals surface area contributed by atoms with Gasteiger partial charge in [0.15, 0.2) is 0 Å². The Balaban J connectivity index is 2.51. The third-order valence-corrected chi connectivity index (χ3v) is 1.95. The number of aromatic nitrogens is 1. The van der Waals surface area contributed by atoms with E-state index in [-0.39, 0.29) is 0 Å². The quantitative estimate of drug-likeness (QED) is 0.655. The van der Waals surface area contributed by atoms with Crippen LogP contribution < -0.4 is 11.3 Å². The van der Waals surface area contributed by atoms with E-state index in [2.05, 4.69) is 10.4 Å². The Morgan fingerprint density at radius 1 is 1.00 bits per heavy atom. The molecule has 0 saturated heterocycles. The van der Waals surface area contributed by atoms with Gasteiger partial charge in [-0.25, -0.2) is 0 Å². The van der Waals surface area contributed by atoms with Crippen LogP contribution in [0.2, 0.25) is 0 Å². The van der Waals surface area contributed by atoms with E-state index in [1.54, 1.807) is 12.3 Å². The van der Waals surface area contributed by atoms with Gasteiger partial charge in [-0.3, -0.25) is 4.98 Å². The standard InChI is InChI=1S/C11H8N3/c12-14-11-7-2-1-5-9(11)10-6-3-4-8-13-10/h1-8H/q+1. The van der Waals surface area contributed by atoms with Gasteiger partial charge in [-0.05, 0) is 18.2 Å². The molecule has 0 fully saturated rings. The van der Waals surface area contributed by atoms with Gasteiger partial charge in [0, 0.05) is 12.3 Å². The van der Waals surface area contributed by atoms with E-state index in [1.807, 2.05) is 36.4 Å². The van der Waals surface area contributed by atoms with Crippen molar-refractivity contribution in [3.8, 4) is 11.3 Å². The first-order chi connectivity index (χ1) is 6.92. The van der Waals surface area contributed by atoms with Crippen molar-refractivity contribution in [3.05, 3.63) is 48.7 Å². The fourth-order valence-electron chi connectivity index (χ4n) is 1.30. The summed E-state index contributed by atoms with van der Waals surface area (Å²) in [5.74, 6) is 8.78. The zero-order chi connectivity index (χ0) is 9.80. The number of rotatable bonds is 2. The maximum atomic E-state index is 8.78. The van der Waals surface area contributed by atoms with Gasteiger partial charge in [-0.15, -0.1) is 0 Å². The SMILES string of the molecule is [N][N+]c1ccccc1-c1ccccn1. The van der Waals surface area contributed by atoms with Gasteiger partial charge in [0.25, 0.3) is 17.0 Å². The van der Waals surface area contributed by atoms with E-state index in [0.717, 1.165) is 11.3 Å². The molecule has 2 rings (SSSR count). The maximum Gasteiger partial charge on any atom is 0.289 e. The highest BCUT2D eigenvalue weighted by molar-refractivity contribution is 5.72. The van der Waals surface area contributed by atoms with Gasteiger partial charge in [0.1, 0.15) is 0 Å². The summed E-state index contributed by atoms with van der Waals surface area (Å²) in [4.78, 5) is 4.19. The van der Waals surface area contributed by atoms with Crippen LogP contribution >= 0.6 is 0 Å². The number of pyridine rings is 1. The Morgan fingerprint density at radius 3 is 2.50 bits per heavy atom. The second-order valence-corrected chi connectivity index (χ2v) is 2.83. The van der Waals surface area contributed by atoms with E-state index in [1.165, 1.54) is 0 Å². The van der Waals surface area contributed by atoms with E-state index < -0.39 is 0 Å². The summed E-state index contributed by atoms with van der Waals surface area (Å²) in [7, 11) is 0. The van der Waals surface area contributed by atoms with Crippen LogP contribution in [0.3, 0.4) is 0 Å². The summed E-state index contributed by atoms with van der Waals surface area (Å²) in [6.45, 7) is 0. The molecule has 0 bridgehead atoms. The fraction of sp³-hybridized carbons (Fsp3) is 0. The maximum absolute atomic E-state index is 8.78. The molecule has 0 atom stereocenters. The minimum atomic E-state index is 0.534. The van der Waals surface area contributed by atoms with Crippen molar-refractivity contribution in [2.24, 2.45) is 0 Å². The Bertz CT molecular complexity index is 412. The molecule has 0 aliphatic rings. The van der Waals surface area contributed by atoms with Crippen LogP contribution in [0.15, 0.2) is 48.7 Å². The zero-order valence-electron chi connectivity index (χ0n) is 7.46. The predicted octanol–water partition coefficient (Wildman–Crippen LogP) is 1.97. The van der Waals surface area contributed by atoms with E-state index in [9.17, 15) is 0 Å². The third kappa shape index (κ3) is 1.64. The largest absolute Gasteiger partial charge is 0.289 e. The fourth-order valence-corrected chi connectivity index (χ4v) is 1.30. The van der Waals surface area contributed by atoms with Crippen LogP contribution in [0, 0.1) is 0 Å². The Hall–Kier alpha value is -1.71. The summed E-state index contributed by atoms with van der Waals surface area (Å²) in [5.41, 5.74) is 5.38. The van der Waals surface area contributed by atoms with Crippen molar-refractivity contribution < 1.29 is 0 Å². The molecule has 0 aliphatic heterocycles. The summed E-state index contributed by atoms with van der Waals surface area (Å²) in [6.07, 6.45) is 1.71. The van der Waals surface area contributed by atoms with Gasteiger partial charge < -0.3 is 0 Å². The summed E-state index contributed by atoms with van der Waals surface area (Å²) >= 11 is 0. The Labute approximate surface area is 82.6 Å². The summed E-state index contributed by atoms with van der Waals surface area (Å²) in [6, 6.07) is 12.9. The van der Waals surface area contributed by atoms with Crippen LogP contribution in [-0.2, 0) is 0 Å². The van der Waals surface area contributed by atoms with Gasteiger partial charge >= 0.3 is 0 Å². The molecular weight excluding hydrogens is 174 g/mol. The van der Waals surface area contributed by atoms with Crippen LogP contribution in [0.25, 0.3) is 11.3 Å². The van der Waals surface area contributed by atoms with Crippen molar-refractivity contribution in [1.82, 2.24) is 16.3 Å². The molecule has 1 heterocycles. The lowest BCUT2D eigenvalue weighted by atomic mass is 10.1. The molecule has 3 heteroatoms. The first-order valence-electron chi connectivity index (χ1n) is 4.27. The van der Waals surface area contributed by atoms with E-state index in [0.29, 0.717) is 5.69 Å². The molecule has 14 heavy (non-hydrogen) atoms. The molecule has 4 radical (unpaired) electrons. The molecule has 0 aliphatic carbocycles. The summed E-state index contributed by atoms with van der Waals surface area (Å²) in [5, 5.41) is 0. The van der Waals surface area contributed by atoms with Gasteiger partial charge in [-0.1, -0.05) is 18.2 Å². The van der Waals surface area contributed by atoms with Crippen LogP contribution in [0.1, 0.15) is 0 Å². The molecule has 0 N–H and O–H groups in total. The average molecular weight is 182 g/mol. The zero-order valence-corrected chi connectivity index (χ0v) is 7.46. The lowest BCUT2D eigenvalue weighted by Crippen LogP contribution is -1.94. The lowest BCUT2D eigenvalue weighted by molar-refractivity contribution is 0.916. The van der Waals surface area contributed by atoms with Crippen molar-refractivity contribution in [2.45, 2.75) is 0 Å². The highest BCUT2D eigenvalue weighted by atomic mass is 15.2.